The van der Waals surface area contributed by atoms with Gasteiger partial charge in [0.15, 0.2) is 0 Å². The highest BCUT2D eigenvalue weighted by molar-refractivity contribution is 5.94. The number of carbonyl (C=O) groups excluding carboxylic acids is 1. The van der Waals surface area contributed by atoms with Gasteiger partial charge in [0, 0.05) is 11.1 Å². The van der Waals surface area contributed by atoms with Crippen LogP contribution in [0.4, 0.5) is 0 Å². The van der Waals surface area contributed by atoms with Crippen molar-refractivity contribution in [3.05, 3.63) is 71.8 Å². The summed E-state index contributed by atoms with van der Waals surface area (Å²) in [5.74, 6) is 0.821. The molecule has 3 fully saturated rings. The van der Waals surface area contributed by atoms with Crippen LogP contribution in [0.25, 0.3) is 0 Å². The Hall–Kier alpha value is -2.13. The lowest BCUT2D eigenvalue weighted by atomic mass is 9.67. The van der Waals surface area contributed by atoms with Crippen molar-refractivity contribution in [3.8, 4) is 0 Å². The van der Waals surface area contributed by atoms with Crippen molar-refractivity contribution in [2.45, 2.75) is 51.1 Å². The summed E-state index contributed by atoms with van der Waals surface area (Å²) in [5, 5.41) is 7.11. The molecule has 3 nitrogen and oxygen atoms in total. The second-order valence-electron chi connectivity index (χ2n) is 7.16. The molecule has 138 valence electrons. The second kappa shape index (κ2) is 8.50. The van der Waals surface area contributed by atoms with E-state index >= 15 is 0 Å². The summed E-state index contributed by atoms with van der Waals surface area (Å²) >= 11 is 0. The van der Waals surface area contributed by atoms with Crippen molar-refractivity contribution in [1.29, 1.82) is 0 Å². The van der Waals surface area contributed by atoms with E-state index in [0.717, 1.165) is 30.9 Å². The molecule has 0 spiro atoms. The Balaban J connectivity index is 0.000000948. The lowest BCUT2D eigenvalue weighted by Gasteiger charge is -2.52. The normalized spacial score (nSPS) is 24.9. The van der Waals surface area contributed by atoms with E-state index in [1.165, 1.54) is 18.4 Å². The Morgan fingerprint density at radius 3 is 2.12 bits per heavy atom. The van der Waals surface area contributed by atoms with Gasteiger partial charge in [-0.1, -0.05) is 62.4 Å². The lowest BCUT2D eigenvalue weighted by Crippen LogP contribution is -2.62. The number of benzene rings is 2. The van der Waals surface area contributed by atoms with E-state index in [9.17, 15) is 4.79 Å². The van der Waals surface area contributed by atoms with E-state index in [1.54, 1.807) is 0 Å². The molecule has 3 aliphatic rings. The lowest BCUT2D eigenvalue weighted by molar-refractivity contribution is 0.0676. The highest BCUT2D eigenvalue weighted by atomic mass is 16.1. The number of amides is 1. The van der Waals surface area contributed by atoms with Crippen molar-refractivity contribution in [3.63, 3.8) is 0 Å². The molecule has 5 rings (SSSR count). The fourth-order valence-corrected chi connectivity index (χ4v) is 4.30. The van der Waals surface area contributed by atoms with Gasteiger partial charge < -0.3 is 10.6 Å². The van der Waals surface area contributed by atoms with Crippen molar-refractivity contribution in [1.82, 2.24) is 10.6 Å². The standard InChI is InChI=1S/C21H24N2O.C2H6/c24-20(18-9-5-2-6-10-18)23-19(17-7-3-1-4-8-17)21-13-11-16(12-14-21)15-22-21;1-2/h1-10,16,19,22H,11-15H2,(H,23,24);1-2H3. The zero-order chi connectivity index (χ0) is 18.4. The third-order valence-corrected chi connectivity index (χ3v) is 5.74. The third kappa shape index (κ3) is 3.83. The summed E-state index contributed by atoms with van der Waals surface area (Å²) in [6.45, 7) is 5.07. The molecule has 26 heavy (non-hydrogen) atoms. The summed E-state index contributed by atoms with van der Waals surface area (Å²) in [4.78, 5) is 12.8. The van der Waals surface area contributed by atoms with Crippen molar-refractivity contribution in [2.24, 2.45) is 5.92 Å². The van der Waals surface area contributed by atoms with Crippen LogP contribution >= 0.6 is 0 Å². The molecule has 0 aromatic heterocycles. The quantitative estimate of drug-likeness (QED) is 0.838. The van der Waals surface area contributed by atoms with Gasteiger partial charge in [-0.05, 0) is 55.8 Å². The number of nitrogens with one attached hydrogen (secondary N) is 2. The molecule has 1 unspecified atom stereocenters. The average molecular weight is 351 g/mol. The topological polar surface area (TPSA) is 41.1 Å². The van der Waals surface area contributed by atoms with E-state index in [2.05, 4.69) is 34.9 Å². The molecule has 2 bridgehead atoms. The minimum Gasteiger partial charge on any atom is -0.343 e. The molecule has 2 aliphatic heterocycles. The summed E-state index contributed by atoms with van der Waals surface area (Å²) in [7, 11) is 0. The number of rotatable bonds is 4. The number of carbonyl (C=O) groups is 1. The minimum atomic E-state index is -0.0133. The van der Waals surface area contributed by atoms with Gasteiger partial charge in [-0.3, -0.25) is 4.79 Å². The van der Waals surface area contributed by atoms with Crippen LogP contribution in [0.2, 0.25) is 0 Å². The monoisotopic (exact) mass is 350 g/mol. The largest absolute Gasteiger partial charge is 0.343 e. The van der Waals surface area contributed by atoms with Crippen molar-refractivity contribution in [2.75, 3.05) is 6.54 Å². The molecule has 2 heterocycles. The molecule has 1 atom stereocenters. The first-order valence-electron chi connectivity index (χ1n) is 9.93. The zero-order valence-electron chi connectivity index (χ0n) is 15.9. The molecular formula is C23H30N2O. The second-order valence-corrected chi connectivity index (χ2v) is 7.16. The Labute approximate surface area is 157 Å². The highest BCUT2D eigenvalue weighted by Gasteiger charge is 2.46. The van der Waals surface area contributed by atoms with Crippen LogP contribution in [0.5, 0.6) is 0 Å². The van der Waals surface area contributed by atoms with Gasteiger partial charge >= 0.3 is 0 Å². The van der Waals surface area contributed by atoms with Crippen LogP contribution in [0.15, 0.2) is 60.7 Å². The first kappa shape index (κ1) is 18.7. The molecule has 0 radical (unpaired) electrons. The maximum atomic E-state index is 12.8. The summed E-state index contributed by atoms with van der Waals surface area (Å²) in [6, 6.07) is 19.9. The van der Waals surface area contributed by atoms with Gasteiger partial charge in [0.05, 0.1) is 6.04 Å². The molecule has 1 saturated carbocycles. The van der Waals surface area contributed by atoms with Gasteiger partial charge in [-0.15, -0.1) is 0 Å². The van der Waals surface area contributed by atoms with Gasteiger partial charge in [-0.25, -0.2) is 0 Å². The first-order chi connectivity index (χ1) is 12.8. The SMILES string of the molecule is CC.O=C(NC(c1ccccc1)C12CCC(CC1)CN2)c1ccccc1. The Bertz CT molecular complexity index is 677. The Morgan fingerprint density at radius 2 is 1.58 bits per heavy atom. The zero-order valence-corrected chi connectivity index (χ0v) is 15.9. The van der Waals surface area contributed by atoms with Gasteiger partial charge in [0.2, 0.25) is 0 Å². The highest BCUT2D eigenvalue weighted by Crippen LogP contribution is 2.44. The van der Waals surface area contributed by atoms with Crippen molar-refractivity contribution >= 4 is 5.91 Å². The molecule has 2 N–H and O–H groups in total. The van der Waals surface area contributed by atoms with E-state index in [1.807, 2.05) is 50.2 Å². The van der Waals surface area contributed by atoms with Gasteiger partial charge in [0.1, 0.15) is 0 Å². The summed E-state index contributed by atoms with van der Waals surface area (Å²) in [6.07, 6.45) is 4.79. The number of hydrogen-bond acceptors (Lipinski definition) is 2. The van der Waals surface area contributed by atoms with Crippen LogP contribution in [-0.4, -0.2) is 18.0 Å². The van der Waals surface area contributed by atoms with E-state index in [4.69, 9.17) is 0 Å². The molecular weight excluding hydrogens is 320 g/mol. The number of fused-ring (bicyclic) bond motifs is 3. The van der Waals surface area contributed by atoms with Crippen LogP contribution in [0, 0.1) is 5.92 Å². The van der Waals surface area contributed by atoms with Crippen LogP contribution in [-0.2, 0) is 0 Å². The van der Waals surface area contributed by atoms with Gasteiger partial charge in [0.25, 0.3) is 5.91 Å². The Morgan fingerprint density at radius 1 is 1.00 bits per heavy atom. The number of piperidine rings is 2. The fourth-order valence-electron chi connectivity index (χ4n) is 4.30. The molecule has 2 saturated heterocycles. The summed E-state index contributed by atoms with van der Waals surface area (Å²) < 4.78 is 0. The maximum absolute atomic E-state index is 12.8. The van der Waals surface area contributed by atoms with Crippen LogP contribution in [0.3, 0.4) is 0 Å². The van der Waals surface area contributed by atoms with E-state index in [-0.39, 0.29) is 17.5 Å². The smallest absolute Gasteiger partial charge is 0.251 e. The fraction of sp³-hybridized carbons (Fsp3) is 0.435. The predicted molar refractivity (Wildman–Crippen MR) is 107 cm³/mol. The number of hydrogen-bond donors (Lipinski definition) is 2. The molecule has 2 aromatic rings. The van der Waals surface area contributed by atoms with Crippen LogP contribution < -0.4 is 10.6 Å². The van der Waals surface area contributed by atoms with E-state index in [0.29, 0.717) is 0 Å². The third-order valence-electron chi connectivity index (χ3n) is 5.74. The van der Waals surface area contributed by atoms with Crippen molar-refractivity contribution < 1.29 is 4.79 Å². The first-order valence-corrected chi connectivity index (χ1v) is 9.93. The molecule has 3 heteroatoms. The van der Waals surface area contributed by atoms with Gasteiger partial charge in [-0.2, -0.15) is 0 Å². The Kier molecular flexibility index (Phi) is 6.10. The predicted octanol–water partition coefficient (Wildman–Crippen LogP) is 4.72. The average Bonchev–Trinajstić information content (AvgIpc) is 2.76. The minimum absolute atomic E-state index is 0.00709. The molecule has 2 aromatic carbocycles. The molecule has 1 amide bonds. The van der Waals surface area contributed by atoms with E-state index < -0.39 is 0 Å². The maximum Gasteiger partial charge on any atom is 0.251 e. The summed E-state index contributed by atoms with van der Waals surface area (Å²) in [5.41, 5.74) is 1.90. The van der Waals surface area contributed by atoms with Crippen LogP contribution in [0.1, 0.15) is 61.5 Å². The molecule has 1 aliphatic carbocycles.